The molecule has 37 heavy (non-hydrogen) atoms. The van der Waals surface area contributed by atoms with Gasteiger partial charge in [0.15, 0.2) is 0 Å². The van der Waals surface area contributed by atoms with Crippen molar-refractivity contribution in [3.8, 4) is 0 Å². The van der Waals surface area contributed by atoms with Crippen molar-refractivity contribution in [2.75, 3.05) is 0 Å². The molecule has 1 aromatic carbocycles. The van der Waals surface area contributed by atoms with Crippen LogP contribution >= 0.6 is 0 Å². The molecule has 200 valence electrons. The van der Waals surface area contributed by atoms with Gasteiger partial charge in [0.05, 0.1) is 18.9 Å². The van der Waals surface area contributed by atoms with Gasteiger partial charge in [-0.1, -0.05) is 30.3 Å². The zero-order valence-corrected chi connectivity index (χ0v) is 20.1. The summed E-state index contributed by atoms with van der Waals surface area (Å²) in [5, 5.41) is 26.2. The molecule has 14 nitrogen and oxygen atoms in total. The predicted molar refractivity (Wildman–Crippen MR) is 129 cm³/mol. The van der Waals surface area contributed by atoms with Crippen LogP contribution in [-0.2, 0) is 36.8 Å². The summed E-state index contributed by atoms with van der Waals surface area (Å²) in [6, 6.07) is 3.29. The lowest BCUT2D eigenvalue weighted by atomic mass is 10.0. The summed E-state index contributed by atoms with van der Waals surface area (Å²) in [4.78, 5) is 68.1. The summed E-state index contributed by atoms with van der Waals surface area (Å²) < 4.78 is 0. The number of nitrogens with two attached hydrogens (primary N) is 2. The normalized spacial score (nSPS) is 14.9. The number of aliphatic hydroxyl groups excluding tert-OH is 1. The van der Waals surface area contributed by atoms with E-state index >= 15 is 0 Å². The van der Waals surface area contributed by atoms with E-state index in [1.165, 1.54) is 19.4 Å². The molecule has 0 radical (unpaired) electrons. The van der Waals surface area contributed by atoms with Gasteiger partial charge in [0.2, 0.25) is 23.6 Å². The second kappa shape index (κ2) is 13.7. The van der Waals surface area contributed by atoms with E-state index in [1.807, 2.05) is 0 Å². The van der Waals surface area contributed by atoms with Gasteiger partial charge in [-0.25, -0.2) is 9.78 Å². The van der Waals surface area contributed by atoms with Crippen LogP contribution < -0.4 is 27.4 Å². The smallest absolute Gasteiger partial charge is 0.326 e. The molecule has 0 saturated heterocycles. The van der Waals surface area contributed by atoms with E-state index < -0.39 is 66.3 Å². The molecule has 0 fully saturated rings. The van der Waals surface area contributed by atoms with Crippen LogP contribution in [-0.4, -0.2) is 80.1 Å². The van der Waals surface area contributed by atoms with Gasteiger partial charge in [-0.3, -0.25) is 19.2 Å². The van der Waals surface area contributed by atoms with Crippen molar-refractivity contribution in [3.05, 3.63) is 54.1 Å². The van der Waals surface area contributed by atoms with Gasteiger partial charge in [0.25, 0.3) is 0 Å². The van der Waals surface area contributed by atoms with Gasteiger partial charge in [0.1, 0.15) is 24.2 Å². The number of H-pyrrole nitrogens is 1. The SMILES string of the molecule is CC(O)C(N)C(=O)NC(Cc1ccccc1)C(=O)NC(Cc1cnc[nH]1)C(=O)NC(CC(N)=O)C(=O)O. The number of carboxylic acid groups (broad SMARTS) is 1. The Bertz CT molecular complexity index is 1080. The van der Waals surface area contributed by atoms with E-state index in [0.29, 0.717) is 11.3 Å². The first-order chi connectivity index (χ1) is 17.5. The van der Waals surface area contributed by atoms with Crippen LogP contribution in [0.15, 0.2) is 42.9 Å². The fourth-order valence-electron chi connectivity index (χ4n) is 3.32. The number of carboxylic acids is 1. The van der Waals surface area contributed by atoms with Crippen molar-refractivity contribution in [1.29, 1.82) is 0 Å². The lowest BCUT2D eigenvalue weighted by Gasteiger charge is -2.25. The van der Waals surface area contributed by atoms with E-state index in [-0.39, 0.29) is 12.8 Å². The van der Waals surface area contributed by atoms with Gasteiger partial charge in [-0.15, -0.1) is 0 Å². The number of benzene rings is 1. The van der Waals surface area contributed by atoms with Gasteiger partial charge in [0, 0.05) is 24.7 Å². The first-order valence-electron chi connectivity index (χ1n) is 11.3. The van der Waals surface area contributed by atoms with Crippen LogP contribution in [0.3, 0.4) is 0 Å². The Labute approximate surface area is 212 Å². The molecule has 0 bridgehead atoms. The number of nitrogens with zero attached hydrogens (tertiary/aromatic N) is 1. The molecule has 4 amide bonds. The van der Waals surface area contributed by atoms with Crippen LogP contribution in [0.4, 0.5) is 0 Å². The zero-order valence-electron chi connectivity index (χ0n) is 20.1. The molecule has 5 atom stereocenters. The second-order valence-electron chi connectivity index (χ2n) is 8.43. The van der Waals surface area contributed by atoms with Crippen molar-refractivity contribution < 1.29 is 34.2 Å². The highest BCUT2D eigenvalue weighted by Crippen LogP contribution is 2.07. The minimum absolute atomic E-state index is 0.0305. The fourth-order valence-corrected chi connectivity index (χ4v) is 3.32. The molecule has 0 aliphatic rings. The first kappa shape index (κ1) is 28.9. The van der Waals surface area contributed by atoms with Crippen molar-refractivity contribution in [1.82, 2.24) is 25.9 Å². The number of aliphatic carboxylic acids is 1. The Balaban J connectivity index is 2.28. The van der Waals surface area contributed by atoms with E-state index in [4.69, 9.17) is 11.5 Å². The summed E-state index contributed by atoms with van der Waals surface area (Å²) in [7, 11) is 0. The largest absolute Gasteiger partial charge is 0.480 e. The van der Waals surface area contributed by atoms with Crippen LogP contribution in [0.5, 0.6) is 0 Å². The monoisotopic (exact) mass is 517 g/mol. The molecule has 2 rings (SSSR count). The molecule has 14 heteroatoms. The maximum Gasteiger partial charge on any atom is 0.326 e. The summed E-state index contributed by atoms with van der Waals surface area (Å²) in [5.41, 5.74) is 11.9. The first-order valence-corrected chi connectivity index (χ1v) is 11.3. The molecule has 1 aromatic heterocycles. The predicted octanol–water partition coefficient (Wildman–Crippen LogP) is -2.68. The van der Waals surface area contributed by atoms with Gasteiger partial charge >= 0.3 is 5.97 Å². The summed E-state index contributed by atoms with van der Waals surface area (Å²) in [6.07, 6.45) is 0.848. The molecular formula is C23H31N7O7. The lowest BCUT2D eigenvalue weighted by Crippen LogP contribution is -2.59. The number of aromatic nitrogens is 2. The maximum absolute atomic E-state index is 13.3. The molecular weight excluding hydrogens is 486 g/mol. The molecule has 0 aliphatic carbocycles. The summed E-state index contributed by atoms with van der Waals surface area (Å²) in [6.45, 7) is 1.33. The summed E-state index contributed by atoms with van der Waals surface area (Å²) in [5.74, 6) is -4.88. The molecule has 2 aromatic rings. The van der Waals surface area contributed by atoms with Crippen molar-refractivity contribution in [2.24, 2.45) is 11.5 Å². The average Bonchev–Trinajstić information content (AvgIpc) is 3.35. The topological polar surface area (TPSA) is 243 Å². The number of hydrogen-bond donors (Lipinski definition) is 8. The number of carbonyl (C=O) groups excluding carboxylic acids is 4. The number of hydrogen-bond acceptors (Lipinski definition) is 8. The zero-order chi connectivity index (χ0) is 27.5. The molecule has 10 N–H and O–H groups in total. The Hall–Kier alpha value is -4.30. The number of aliphatic hydroxyl groups is 1. The van der Waals surface area contributed by atoms with Crippen LogP contribution in [0.25, 0.3) is 0 Å². The van der Waals surface area contributed by atoms with Gasteiger partial charge in [-0.2, -0.15) is 0 Å². The Kier molecular flexibility index (Phi) is 10.7. The molecule has 1 heterocycles. The van der Waals surface area contributed by atoms with Gasteiger partial charge < -0.3 is 42.6 Å². The lowest BCUT2D eigenvalue weighted by molar-refractivity contribution is -0.143. The van der Waals surface area contributed by atoms with Crippen LogP contribution in [0, 0.1) is 0 Å². The van der Waals surface area contributed by atoms with E-state index in [0.717, 1.165) is 0 Å². The van der Waals surface area contributed by atoms with Crippen LogP contribution in [0.1, 0.15) is 24.6 Å². The molecule has 5 unspecified atom stereocenters. The highest BCUT2D eigenvalue weighted by Gasteiger charge is 2.32. The summed E-state index contributed by atoms with van der Waals surface area (Å²) >= 11 is 0. The number of imidazole rings is 1. The van der Waals surface area contributed by atoms with Crippen molar-refractivity contribution in [3.63, 3.8) is 0 Å². The Morgan fingerprint density at radius 1 is 0.946 bits per heavy atom. The molecule has 0 saturated carbocycles. The second-order valence-corrected chi connectivity index (χ2v) is 8.43. The third kappa shape index (κ3) is 9.35. The average molecular weight is 518 g/mol. The van der Waals surface area contributed by atoms with Crippen molar-refractivity contribution >= 4 is 29.6 Å². The Morgan fingerprint density at radius 2 is 1.51 bits per heavy atom. The number of aromatic amines is 1. The standard InChI is InChI=1S/C23H31N7O7/c1-12(31)19(25)22(35)29-15(7-13-5-3-2-4-6-13)20(33)28-16(8-14-10-26-11-27-14)21(34)30-17(23(36)37)9-18(24)32/h2-6,10-12,15-17,19,31H,7-9,25H2,1H3,(H2,24,32)(H,26,27)(H,28,33)(H,29,35)(H,30,34)(H,36,37). The quantitative estimate of drug-likeness (QED) is 0.130. The third-order valence-electron chi connectivity index (χ3n) is 5.37. The number of primary amides is 1. The Morgan fingerprint density at radius 3 is 2.03 bits per heavy atom. The number of carbonyl (C=O) groups is 5. The minimum Gasteiger partial charge on any atom is -0.480 e. The number of rotatable bonds is 14. The molecule has 0 aliphatic heterocycles. The highest BCUT2D eigenvalue weighted by atomic mass is 16.4. The van der Waals surface area contributed by atoms with Crippen LogP contribution in [0.2, 0.25) is 0 Å². The van der Waals surface area contributed by atoms with Crippen molar-refractivity contribution in [2.45, 2.75) is 56.5 Å². The third-order valence-corrected chi connectivity index (χ3v) is 5.37. The van der Waals surface area contributed by atoms with E-state index in [2.05, 4.69) is 25.9 Å². The van der Waals surface area contributed by atoms with Gasteiger partial charge in [-0.05, 0) is 12.5 Å². The maximum atomic E-state index is 13.3. The number of amides is 4. The van der Waals surface area contributed by atoms with E-state index in [1.54, 1.807) is 30.3 Å². The number of nitrogens with one attached hydrogen (secondary N) is 4. The molecule has 0 spiro atoms. The highest BCUT2D eigenvalue weighted by molar-refractivity contribution is 5.95. The minimum atomic E-state index is -1.62. The fraction of sp³-hybridized carbons (Fsp3) is 0.391. The van der Waals surface area contributed by atoms with E-state index in [9.17, 15) is 34.2 Å².